The van der Waals surface area contributed by atoms with Gasteiger partial charge in [0.25, 0.3) is 5.91 Å². The van der Waals surface area contributed by atoms with Crippen LogP contribution in [0, 0.1) is 11.3 Å². The fraction of sp³-hybridized carbons (Fsp3) is 0.640. The summed E-state index contributed by atoms with van der Waals surface area (Å²) in [5, 5.41) is 9.21. The zero-order valence-corrected chi connectivity index (χ0v) is 23.9. The molecule has 0 N–H and O–H groups in total. The molecular weight excluding hydrogens is 539 g/mol. The summed E-state index contributed by atoms with van der Waals surface area (Å²) in [5.41, 5.74) is -2.67. The topological polar surface area (TPSA) is 88.0 Å². The molecule has 2 saturated heterocycles. The van der Waals surface area contributed by atoms with E-state index >= 15 is 0 Å². The predicted octanol–water partition coefficient (Wildman–Crippen LogP) is 3.81. The second kappa shape index (κ2) is 11.1. The molecule has 2 unspecified atom stereocenters. The van der Waals surface area contributed by atoms with Crippen LogP contribution >= 0.6 is 12.2 Å². The fourth-order valence-electron chi connectivity index (χ4n) is 5.20. The highest BCUT2D eigenvalue weighted by Crippen LogP contribution is 2.38. The summed E-state index contributed by atoms with van der Waals surface area (Å²) in [6.45, 7) is 9.62. The Bertz CT molecular complexity index is 1220. The van der Waals surface area contributed by atoms with E-state index in [1.54, 1.807) is 24.8 Å². The number of hydrogen-bond acceptors (Lipinski definition) is 6. The highest BCUT2D eigenvalue weighted by molar-refractivity contribution is 7.88. The minimum Gasteiger partial charge on any atom is -0.334 e. The number of sulfonamides is 1. The molecule has 1 amide bonds. The third-order valence-corrected chi connectivity index (χ3v) is 8.98. The van der Waals surface area contributed by atoms with Gasteiger partial charge in [0.1, 0.15) is 5.54 Å². The first-order valence-electron chi connectivity index (χ1n) is 12.5. The number of carbonyl (C=O) groups is 1. The number of carbonyl (C=O) groups excluding carboxylic acids is 1. The van der Waals surface area contributed by atoms with E-state index in [1.165, 1.54) is 16.6 Å². The Hall–Kier alpha value is -2.27. The number of rotatable bonds is 8. The number of amides is 1. The van der Waals surface area contributed by atoms with E-state index in [-0.39, 0.29) is 22.9 Å². The molecule has 2 atom stereocenters. The fourth-order valence-corrected chi connectivity index (χ4v) is 6.68. The summed E-state index contributed by atoms with van der Waals surface area (Å²) < 4.78 is 65.8. The largest absolute Gasteiger partial charge is 0.417 e. The number of thiocarbonyl (C=S) groups is 1. The van der Waals surface area contributed by atoms with E-state index in [0.717, 1.165) is 42.8 Å². The van der Waals surface area contributed by atoms with Crippen molar-refractivity contribution in [3.05, 3.63) is 29.3 Å². The van der Waals surface area contributed by atoms with Gasteiger partial charge in [0.2, 0.25) is 10.0 Å². The Labute approximate surface area is 228 Å². The number of anilines is 1. The number of hydrogen-bond donors (Lipinski definition) is 0. The lowest BCUT2D eigenvalue weighted by Gasteiger charge is -2.43. The van der Waals surface area contributed by atoms with Gasteiger partial charge in [-0.2, -0.15) is 22.7 Å². The normalized spacial score (nSPS) is 23.2. The second-order valence-electron chi connectivity index (χ2n) is 10.5. The molecule has 38 heavy (non-hydrogen) atoms. The average Bonchev–Trinajstić information content (AvgIpc) is 2.97. The van der Waals surface area contributed by atoms with Crippen molar-refractivity contribution in [3.8, 4) is 6.07 Å². The van der Waals surface area contributed by atoms with Gasteiger partial charge in [-0.25, -0.2) is 8.42 Å². The van der Waals surface area contributed by atoms with Crippen molar-refractivity contribution in [3.63, 3.8) is 0 Å². The zero-order chi connectivity index (χ0) is 28.6. The second-order valence-corrected chi connectivity index (χ2v) is 12.9. The number of piperazine rings is 1. The summed E-state index contributed by atoms with van der Waals surface area (Å²) in [6, 6.07) is 4.90. The van der Waals surface area contributed by atoms with E-state index < -0.39 is 38.8 Å². The quantitative estimate of drug-likeness (QED) is 0.345. The maximum Gasteiger partial charge on any atom is 0.417 e. The first-order chi connectivity index (χ1) is 17.5. The standard InChI is InChI=1S/C25H34F3N5O3S2/c1-17-15-30(38(5,35)36)16-18(2)31(17)11-7-6-8-12-32-23(37)33(22(34)24(32,3)4)20-10-9-19(14-29)21(13-20)25(26,27)28/h9-10,13,17-18H,6-8,11-12,15-16H2,1-5H3. The molecule has 0 saturated carbocycles. The number of halogens is 3. The third kappa shape index (κ3) is 6.14. The van der Waals surface area contributed by atoms with Crippen LogP contribution in [0.3, 0.4) is 0 Å². The molecule has 2 heterocycles. The molecule has 3 rings (SSSR count). The lowest BCUT2D eigenvalue weighted by atomic mass is 10.0. The van der Waals surface area contributed by atoms with Gasteiger partial charge in [-0.1, -0.05) is 6.42 Å². The molecule has 0 radical (unpaired) electrons. The lowest BCUT2D eigenvalue weighted by Crippen LogP contribution is -2.57. The Kier molecular flexibility index (Phi) is 8.82. The van der Waals surface area contributed by atoms with Gasteiger partial charge in [-0.15, -0.1) is 0 Å². The highest BCUT2D eigenvalue weighted by Gasteiger charge is 2.49. The SMILES string of the molecule is CC1CN(S(C)(=O)=O)CC(C)N1CCCCCN1C(=S)N(c2ccc(C#N)c(C(F)(F)F)c2)C(=O)C1(C)C. The Morgan fingerprint density at radius 2 is 1.68 bits per heavy atom. The van der Waals surface area contributed by atoms with Crippen LogP contribution in [0.1, 0.15) is 58.1 Å². The molecule has 0 spiro atoms. The van der Waals surface area contributed by atoms with Crippen LogP contribution in [0.4, 0.5) is 18.9 Å². The van der Waals surface area contributed by atoms with E-state index in [1.807, 2.05) is 13.8 Å². The number of benzene rings is 1. The maximum absolute atomic E-state index is 13.5. The Morgan fingerprint density at radius 1 is 1.11 bits per heavy atom. The van der Waals surface area contributed by atoms with Crippen molar-refractivity contribution in [2.24, 2.45) is 0 Å². The van der Waals surface area contributed by atoms with Crippen molar-refractivity contribution in [2.45, 2.75) is 70.8 Å². The molecule has 2 aliphatic rings. The van der Waals surface area contributed by atoms with Crippen LogP contribution in [0.2, 0.25) is 0 Å². The van der Waals surface area contributed by atoms with Crippen LogP contribution in [0.15, 0.2) is 18.2 Å². The Balaban J connectivity index is 1.62. The molecule has 1 aromatic rings. The van der Waals surface area contributed by atoms with Crippen LogP contribution in [0.25, 0.3) is 0 Å². The molecule has 2 aliphatic heterocycles. The van der Waals surface area contributed by atoms with Crippen molar-refractivity contribution in [1.29, 1.82) is 5.26 Å². The molecule has 13 heteroatoms. The van der Waals surface area contributed by atoms with Gasteiger partial charge in [0.05, 0.1) is 29.1 Å². The summed E-state index contributed by atoms with van der Waals surface area (Å²) in [7, 11) is -3.23. The van der Waals surface area contributed by atoms with Gasteiger partial charge < -0.3 is 4.90 Å². The van der Waals surface area contributed by atoms with Crippen LogP contribution in [0.5, 0.6) is 0 Å². The van der Waals surface area contributed by atoms with Gasteiger partial charge in [0.15, 0.2) is 5.11 Å². The zero-order valence-electron chi connectivity index (χ0n) is 22.2. The van der Waals surface area contributed by atoms with Crippen molar-refractivity contribution in [1.82, 2.24) is 14.1 Å². The first-order valence-corrected chi connectivity index (χ1v) is 14.7. The van der Waals surface area contributed by atoms with Gasteiger partial charge in [0, 0.05) is 31.7 Å². The summed E-state index contributed by atoms with van der Waals surface area (Å²) in [6.07, 6.45) is -1.08. The van der Waals surface area contributed by atoms with Crippen molar-refractivity contribution >= 4 is 38.9 Å². The summed E-state index contributed by atoms with van der Waals surface area (Å²) in [5.74, 6) is -0.424. The number of alkyl halides is 3. The molecule has 0 bridgehead atoms. The minimum absolute atomic E-state index is 0.0156. The number of unbranched alkanes of at least 4 members (excludes halogenated alkanes) is 2. The average molecular weight is 574 g/mol. The summed E-state index contributed by atoms with van der Waals surface area (Å²) in [4.78, 5) is 18.4. The molecule has 0 aliphatic carbocycles. The van der Waals surface area contributed by atoms with E-state index in [9.17, 15) is 26.4 Å². The first kappa shape index (κ1) is 30.3. The van der Waals surface area contributed by atoms with Gasteiger partial charge >= 0.3 is 6.18 Å². The molecule has 210 valence electrons. The maximum atomic E-state index is 13.5. The van der Waals surface area contributed by atoms with Gasteiger partial charge in [-0.05, 0) is 77.5 Å². The van der Waals surface area contributed by atoms with E-state index in [4.69, 9.17) is 17.5 Å². The van der Waals surface area contributed by atoms with Crippen LogP contribution in [-0.4, -0.2) is 83.6 Å². The van der Waals surface area contributed by atoms with Crippen molar-refractivity contribution < 1.29 is 26.4 Å². The minimum atomic E-state index is -4.74. The Morgan fingerprint density at radius 3 is 2.21 bits per heavy atom. The van der Waals surface area contributed by atoms with Crippen LogP contribution in [-0.2, 0) is 21.0 Å². The molecule has 2 fully saturated rings. The van der Waals surface area contributed by atoms with E-state index in [2.05, 4.69) is 4.90 Å². The molecule has 0 aromatic heterocycles. The molecular formula is C25H34F3N5O3S2. The van der Waals surface area contributed by atoms with Crippen LogP contribution < -0.4 is 4.90 Å². The summed E-state index contributed by atoms with van der Waals surface area (Å²) >= 11 is 5.54. The monoisotopic (exact) mass is 573 g/mol. The number of nitrogens with zero attached hydrogens (tertiary/aromatic N) is 5. The smallest absolute Gasteiger partial charge is 0.334 e. The molecule has 8 nitrogen and oxygen atoms in total. The highest BCUT2D eigenvalue weighted by atomic mass is 32.2. The van der Waals surface area contributed by atoms with Crippen molar-refractivity contribution in [2.75, 3.05) is 37.3 Å². The lowest BCUT2D eigenvalue weighted by molar-refractivity contribution is -0.137. The van der Waals surface area contributed by atoms with E-state index in [0.29, 0.717) is 19.6 Å². The third-order valence-electron chi connectivity index (χ3n) is 7.35. The number of nitriles is 1. The predicted molar refractivity (Wildman–Crippen MR) is 143 cm³/mol. The van der Waals surface area contributed by atoms with Gasteiger partial charge in [-0.3, -0.25) is 14.6 Å². The molecule has 1 aromatic carbocycles.